The molecule has 3 aromatic rings. The Morgan fingerprint density at radius 3 is 2.26 bits per heavy atom. The number of rotatable bonds is 5. The van der Waals surface area contributed by atoms with Crippen molar-refractivity contribution in [3.05, 3.63) is 83.5 Å². The molecule has 2 heterocycles. The van der Waals surface area contributed by atoms with Crippen LogP contribution in [0.3, 0.4) is 0 Å². The van der Waals surface area contributed by atoms with Gasteiger partial charge in [-0.1, -0.05) is 29.8 Å². The number of pyridine rings is 1. The highest BCUT2D eigenvalue weighted by molar-refractivity contribution is 6.30. The Morgan fingerprint density at radius 1 is 0.882 bits per heavy atom. The number of amides is 4. The highest BCUT2D eigenvalue weighted by Crippen LogP contribution is 2.21. The fraction of sp³-hybridized carbons (Fsp3) is 0.200. The van der Waals surface area contributed by atoms with E-state index in [0.29, 0.717) is 47.3 Å². The Morgan fingerprint density at radius 2 is 1.59 bits per heavy atom. The molecule has 0 bridgehead atoms. The van der Waals surface area contributed by atoms with Crippen molar-refractivity contribution in [3.63, 3.8) is 0 Å². The molecule has 8 nitrogen and oxygen atoms in total. The predicted octanol–water partition coefficient (Wildman–Crippen LogP) is 4.87. The standard InChI is InChI=1S/C25H24ClN5O3/c26-19-10-13-22(27-15-19)30-23(32)18-5-4-14-31(16-18)24(33)17-8-11-21(12-9-17)29-25(34)28-20-6-2-1-3-7-20/h1-3,6-13,15,18H,4-5,14,16H2,(H,27,30,32)(H2,28,29,34). The van der Waals surface area contributed by atoms with Gasteiger partial charge in [-0.05, 0) is 61.4 Å². The van der Waals surface area contributed by atoms with Gasteiger partial charge in [-0.3, -0.25) is 9.59 Å². The highest BCUT2D eigenvalue weighted by Gasteiger charge is 2.29. The third-order valence-electron chi connectivity index (χ3n) is 5.48. The van der Waals surface area contributed by atoms with Crippen LogP contribution in [0.25, 0.3) is 0 Å². The van der Waals surface area contributed by atoms with Crippen LogP contribution in [0.15, 0.2) is 72.9 Å². The minimum atomic E-state index is -0.370. The van der Waals surface area contributed by atoms with E-state index in [1.165, 1.54) is 6.20 Å². The first kappa shape index (κ1) is 23.3. The molecule has 4 rings (SSSR count). The minimum absolute atomic E-state index is 0.151. The van der Waals surface area contributed by atoms with Crippen LogP contribution >= 0.6 is 11.6 Å². The summed E-state index contributed by atoms with van der Waals surface area (Å²) in [6.07, 6.45) is 2.90. The molecule has 0 spiro atoms. The van der Waals surface area contributed by atoms with Gasteiger partial charge in [-0.25, -0.2) is 9.78 Å². The van der Waals surface area contributed by atoms with Gasteiger partial charge in [0.15, 0.2) is 0 Å². The van der Waals surface area contributed by atoms with E-state index >= 15 is 0 Å². The van der Waals surface area contributed by atoms with Crippen LogP contribution in [-0.2, 0) is 4.79 Å². The number of likely N-dealkylation sites (tertiary alicyclic amines) is 1. The summed E-state index contributed by atoms with van der Waals surface area (Å²) in [5.41, 5.74) is 1.74. The maximum atomic E-state index is 13.0. The van der Waals surface area contributed by atoms with E-state index in [4.69, 9.17) is 11.6 Å². The zero-order chi connectivity index (χ0) is 23.9. The Hall–Kier alpha value is -3.91. The SMILES string of the molecule is O=C(Nc1ccccc1)Nc1ccc(C(=O)N2CCCC(C(=O)Nc3ccc(Cl)cn3)C2)cc1. The van der Waals surface area contributed by atoms with Gasteiger partial charge in [0.25, 0.3) is 5.91 Å². The molecule has 1 saturated heterocycles. The minimum Gasteiger partial charge on any atom is -0.338 e. The summed E-state index contributed by atoms with van der Waals surface area (Å²) >= 11 is 5.83. The van der Waals surface area contributed by atoms with Crippen LogP contribution in [0.4, 0.5) is 22.0 Å². The molecular formula is C25H24ClN5O3. The van der Waals surface area contributed by atoms with Crippen molar-refractivity contribution in [2.24, 2.45) is 5.92 Å². The average Bonchev–Trinajstić information content (AvgIpc) is 2.86. The lowest BCUT2D eigenvalue weighted by Gasteiger charge is -2.32. The number of nitrogens with zero attached hydrogens (tertiary/aromatic N) is 2. The van der Waals surface area contributed by atoms with Crippen LogP contribution in [0.2, 0.25) is 5.02 Å². The molecule has 4 amide bonds. The van der Waals surface area contributed by atoms with Crippen molar-refractivity contribution in [1.29, 1.82) is 0 Å². The number of anilines is 3. The van der Waals surface area contributed by atoms with Crippen LogP contribution in [0.5, 0.6) is 0 Å². The number of hydrogen-bond acceptors (Lipinski definition) is 4. The Bertz CT molecular complexity index is 1150. The lowest BCUT2D eigenvalue weighted by Crippen LogP contribution is -2.43. The number of halogens is 1. The molecule has 0 radical (unpaired) electrons. The van der Waals surface area contributed by atoms with Gasteiger partial charge in [-0.15, -0.1) is 0 Å². The summed E-state index contributed by atoms with van der Waals surface area (Å²) in [6.45, 7) is 0.916. The third kappa shape index (κ3) is 6.11. The molecule has 0 saturated carbocycles. The van der Waals surface area contributed by atoms with Crippen molar-refractivity contribution >= 4 is 46.6 Å². The van der Waals surface area contributed by atoms with E-state index in [1.54, 1.807) is 53.4 Å². The number of urea groups is 1. The zero-order valence-corrected chi connectivity index (χ0v) is 19.1. The van der Waals surface area contributed by atoms with Gasteiger partial charge in [0.1, 0.15) is 5.82 Å². The molecule has 34 heavy (non-hydrogen) atoms. The molecule has 174 valence electrons. The molecule has 1 aliphatic rings. The Balaban J connectivity index is 1.32. The number of hydrogen-bond donors (Lipinski definition) is 3. The number of nitrogens with one attached hydrogen (secondary N) is 3. The van der Waals surface area contributed by atoms with Crippen molar-refractivity contribution in [3.8, 4) is 0 Å². The molecule has 2 aromatic carbocycles. The Kier molecular flexibility index (Phi) is 7.39. The monoisotopic (exact) mass is 477 g/mol. The first-order chi connectivity index (χ1) is 16.5. The van der Waals surface area contributed by atoms with Crippen LogP contribution in [-0.4, -0.2) is 40.8 Å². The smallest absolute Gasteiger partial charge is 0.323 e. The predicted molar refractivity (Wildman–Crippen MR) is 132 cm³/mol. The van der Waals surface area contributed by atoms with Gasteiger partial charge in [-0.2, -0.15) is 0 Å². The highest BCUT2D eigenvalue weighted by atomic mass is 35.5. The van der Waals surface area contributed by atoms with E-state index in [1.807, 2.05) is 18.2 Å². The average molecular weight is 478 g/mol. The number of para-hydroxylation sites is 1. The first-order valence-electron chi connectivity index (χ1n) is 10.9. The number of benzene rings is 2. The van der Waals surface area contributed by atoms with Gasteiger partial charge >= 0.3 is 6.03 Å². The maximum Gasteiger partial charge on any atom is 0.323 e. The van der Waals surface area contributed by atoms with Gasteiger partial charge in [0, 0.05) is 36.2 Å². The second-order valence-electron chi connectivity index (χ2n) is 7.96. The van der Waals surface area contributed by atoms with E-state index in [9.17, 15) is 14.4 Å². The molecule has 1 atom stereocenters. The lowest BCUT2D eigenvalue weighted by molar-refractivity contribution is -0.121. The molecular weight excluding hydrogens is 454 g/mol. The largest absolute Gasteiger partial charge is 0.338 e. The van der Waals surface area contributed by atoms with Crippen LogP contribution < -0.4 is 16.0 Å². The second-order valence-corrected chi connectivity index (χ2v) is 8.40. The lowest BCUT2D eigenvalue weighted by atomic mass is 9.96. The van der Waals surface area contributed by atoms with E-state index in [2.05, 4.69) is 20.9 Å². The molecule has 1 fully saturated rings. The number of piperidine rings is 1. The number of aromatic nitrogens is 1. The summed E-state index contributed by atoms with van der Waals surface area (Å²) in [7, 11) is 0. The summed E-state index contributed by atoms with van der Waals surface area (Å²) < 4.78 is 0. The topological polar surface area (TPSA) is 103 Å². The summed E-state index contributed by atoms with van der Waals surface area (Å²) in [4.78, 5) is 43.6. The number of carbonyl (C=O) groups is 3. The summed E-state index contributed by atoms with van der Waals surface area (Å²) in [6, 6.07) is 18.7. The van der Waals surface area contributed by atoms with Crippen molar-refractivity contribution in [1.82, 2.24) is 9.88 Å². The van der Waals surface area contributed by atoms with Gasteiger partial charge in [0.05, 0.1) is 10.9 Å². The zero-order valence-electron chi connectivity index (χ0n) is 18.3. The summed E-state index contributed by atoms with van der Waals surface area (Å²) in [5, 5.41) is 8.76. The van der Waals surface area contributed by atoms with E-state index in [0.717, 1.165) is 6.42 Å². The second kappa shape index (κ2) is 10.8. The van der Waals surface area contributed by atoms with Gasteiger partial charge in [0.2, 0.25) is 5.91 Å². The van der Waals surface area contributed by atoms with Crippen LogP contribution in [0, 0.1) is 5.92 Å². The Labute approximate surface area is 202 Å². The van der Waals surface area contributed by atoms with Crippen LogP contribution in [0.1, 0.15) is 23.2 Å². The molecule has 1 unspecified atom stereocenters. The number of carbonyl (C=O) groups excluding carboxylic acids is 3. The fourth-order valence-corrected chi connectivity index (χ4v) is 3.86. The van der Waals surface area contributed by atoms with E-state index < -0.39 is 0 Å². The first-order valence-corrected chi connectivity index (χ1v) is 11.3. The van der Waals surface area contributed by atoms with Gasteiger partial charge < -0.3 is 20.9 Å². The molecule has 3 N–H and O–H groups in total. The maximum absolute atomic E-state index is 13.0. The molecule has 1 aromatic heterocycles. The summed E-state index contributed by atoms with van der Waals surface area (Å²) in [5.74, 6) is -0.214. The molecule has 0 aliphatic carbocycles. The third-order valence-corrected chi connectivity index (χ3v) is 5.70. The van der Waals surface area contributed by atoms with Crippen molar-refractivity contribution < 1.29 is 14.4 Å². The normalized spacial score (nSPS) is 15.3. The van der Waals surface area contributed by atoms with E-state index in [-0.39, 0.29) is 23.8 Å². The molecule has 1 aliphatic heterocycles. The quantitative estimate of drug-likeness (QED) is 0.487. The fourth-order valence-electron chi connectivity index (χ4n) is 3.75. The van der Waals surface area contributed by atoms with Crippen molar-refractivity contribution in [2.45, 2.75) is 12.8 Å². The molecule has 9 heteroatoms. The van der Waals surface area contributed by atoms with Crippen molar-refractivity contribution in [2.75, 3.05) is 29.0 Å².